The summed E-state index contributed by atoms with van der Waals surface area (Å²) in [5.74, 6) is 0.381. The van der Waals surface area contributed by atoms with Crippen LogP contribution in [0, 0.1) is 0 Å². The molecule has 0 aliphatic heterocycles. The number of aryl methyl sites for hydroxylation is 1. The molecule has 0 atom stereocenters. The van der Waals surface area contributed by atoms with Crippen LogP contribution in [-0.4, -0.2) is 34.8 Å². The first kappa shape index (κ1) is 28.6. The summed E-state index contributed by atoms with van der Waals surface area (Å²) in [5, 5.41) is 17.9. The number of alkyl carbamates (subject to hydrolysis) is 1. The number of anilines is 1. The molecule has 0 aliphatic rings. The van der Waals surface area contributed by atoms with Gasteiger partial charge in [0.05, 0.1) is 12.2 Å². The van der Waals surface area contributed by atoms with E-state index >= 15 is 0 Å². The van der Waals surface area contributed by atoms with E-state index in [-0.39, 0.29) is 12.3 Å². The molecule has 196 valence electrons. The number of allylic oxidation sites excluding steroid dienone is 3. The summed E-state index contributed by atoms with van der Waals surface area (Å²) >= 11 is 1.37. The van der Waals surface area contributed by atoms with Crippen LogP contribution in [0.25, 0.3) is 0 Å². The Kier molecular flexibility index (Phi) is 11.2. The molecule has 0 aliphatic carbocycles. The predicted octanol–water partition coefficient (Wildman–Crippen LogP) is 3.32. The maximum Gasteiger partial charge on any atom is 0.407 e. The van der Waals surface area contributed by atoms with Crippen LogP contribution in [0.1, 0.15) is 56.2 Å². The molecule has 2 rings (SSSR count). The number of hydrogen-bond acceptors (Lipinski definition) is 9. The fraction of sp³-hybridized carbons (Fsp3) is 0.440. The van der Waals surface area contributed by atoms with Crippen molar-refractivity contribution < 1.29 is 14.3 Å². The summed E-state index contributed by atoms with van der Waals surface area (Å²) in [6.45, 7) is 5.74. The van der Waals surface area contributed by atoms with Gasteiger partial charge in [0.15, 0.2) is 0 Å². The lowest BCUT2D eigenvalue weighted by molar-refractivity contribution is -0.115. The third-order valence-electron chi connectivity index (χ3n) is 4.78. The zero-order valence-electron chi connectivity index (χ0n) is 21.4. The molecule has 2 amide bonds. The first-order valence-corrected chi connectivity index (χ1v) is 12.6. The van der Waals surface area contributed by atoms with Crippen molar-refractivity contribution in [1.82, 2.24) is 20.8 Å². The average molecular weight is 516 g/mol. The van der Waals surface area contributed by atoms with Crippen molar-refractivity contribution in [2.75, 3.05) is 12.4 Å². The molecule has 36 heavy (non-hydrogen) atoms. The van der Waals surface area contributed by atoms with Crippen LogP contribution in [-0.2, 0) is 28.9 Å². The number of carbonyl (C=O) groups excluding carboxylic acids is 2. The van der Waals surface area contributed by atoms with E-state index < -0.39 is 11.7 Å². The highest BCUT2D eigenvalue weighted by molar-refractivity contribution is 7.15. The van der Waals surface area contributed by atoms with Crippen LogP contribution in [0.5, 0.6) is 0 Å². The minimum Gasteiger partial charge on any atom is -0.444 e. The molecule has 0 saturated heterocycles. The Morgan fingerprint density at radius 2 is 1.86 bits per heavy atom. The van der Waals surface area contributed by atoms with Gasteiger partial charge in [0.2, 0.25) is 11.0 Å². The summed E-state index contributed by atoms with van der Waals surface area (Å²) in [4.78, 5) is 24.3. The zero-order chi connectivity index (χ0) is 26.6. The second-order valence-electron chi connectivity index (χ2n) is 9.22. The van der Waals surface area contributed by atoms with Gasteiger partial charge in [0.25, 0.3) is 0 Å². The third-order valence-corrected chi connectivity index (χ3v) is 5.68. The summed E-state index contributed by atoms with van der Waals surface area (Å²) in [6, 6.07) is 7.48. The molecular weight excluding hydrogens is 478 g/mol. The smallest absolute Gasteiger partial charge is 0.407 e. The molecule has 10 nitrogen and oxygen atoms in total. The minimum absolute atomic E-state index is 0.179. The van der Waals surface area contributed by atoms with Gasteiger partial charge in [-0.15, -0.1) is 10.2 Å². The van der Waals surface area contributed by atoms with E-state index in [2.05, 4.69) is 26.1 Å². The summed E-state index contributed by atoms with van der Waals surface area (Å²) in [5.41, 5.74) is 13.6. The maximum absolute atomic E-state index is 12.5. The van der Waals surface area contributed by atoms with Crippen LogP contribution in [0.2, 0.25) is 0 Å². The number of benzene rings is 1. The van der Waals surface area contributed by atoms with E-state index in [1.54, 1.807) is 19.2 Å². The summed E-state index contributed by atoms with van der Waals surface area (Å²) in [7, 11) is 1.75. The molecular formula is C25H37N7O3S. The zero-order valence-corrected chi connectivity index (χ0v) is 22.2. The van der Waals surface area contributed by atoms with Gasteiger partial charge in [-0.05, 0) is 63.3 Å². The molecule has 1 aromatic carbocycles. The van der Waals surface area contributed by atoms with Gasteiger partial charge in [-0.1, -0.05) is 35.6 Å². The number of carbonyl (C=O) groups is 2. The Hall–Kier alpha value is -3.60. The van der Waals surface area contributed by atoms with Gasteiger partial charge in [-0.2, -0.15) is 0 Å². The maximum atomic E-state index is 12.5. The topological polar surface area (TPSA) is 157 Å². The second kappa shape index (κ2) is 14.1. The van der Waals surface area contributed by atoms with Crippen LogP contribution >= 0.6 is 11.3 Å². The van der Waals surface area contributed by atoms with E-state index in [4.69, 9.17) is 16.2 Å². The van der Waals surface area contributed by atoms with Crippen molar-refractivity contribution >= 4 is 28.5 Å². The first-order valence-electron chi connectivity index (χ1n) is 11.8. The van der Waals surface area contributed by atoms with Gasteiger partial charge in [-0.25, -0.2) is 4.79 Å². The van der Waals surface area contributed by atoms with Crippen LogP contribution in [0.4, 0.5) is 9.93 Å². The van der Waals surface area contributed by atoms with Crippen molar-refractivity contribution in [2.45, 2.75) is 65.0 Å². The van der Waals surface area contributed by atoms with Crippen molar-refractivity contribution in [1.29, 1.82) is 0 Å². The highest BCUT2D eigenvalue weighted by atomic mass is 32.1. The Morgan fingerprint density at radius 1 is 1.11 bits per heavy atom. The quantitative estimate of drug-likeness (QED) is 0.213. The molecule has 2 aromatic rings. The molecule has 0 bridgehead atoms. The molecule has 0 radical (unpaired) electrons. The molecule has 0 saturated carbocycles. The van der Waals surface area contributed by atoms with E-state index in [9.17, 15) is 9.59 Å². The van der Waals surface area contributed by atoms with Gasteiger partial charge in [0, 0.05) is 25.7 Å². The summed E-state index contributed by atoms with van der Waals surface area (Å²) < 4.78 is 5.24. The number of nitrogens with one attached hydrogen (secondary N) is 3. The SMILES string of the molecule is CN/C(N)=C/C=C(\N)CCCCc1nnc(NC(=O)Cc2cccc(CNC(=O)OC(C)(C)C)c2)s1. The Morgan fingerprint density at radius 3 is 2.58 bits per heavy atom. The van der Waals surface area contributed by atoms with E-state index in [1.165, 1.54) is 11.3 Å². The number of hydrogen-bond donors (Lipinski definition) is 5. The number of unbranched alkanes of at least 4 members (excludes halogenated alkanes) is 1. The molecule has 1 aromatic heterocycles. The monoisotopic (exact) mass is 515 g/mol. The second-order valence-corrected chi connectivity index (χ2v) is 10.3. The van der Waals surface area contributed by atoms with Crippen molar-refractivity contribution in [3.8, 4) is 0 Å². The Labute approximate surface area is 216 Å². The van der Waals surface area contributed by atoms with Crippen molar-refractivity contribution in [3.05, 3.63) is 64.1 Å². The fourth-order valence-electron chi connectivity index (χ4n) is 3.06. The molecule has 0 fully saturated rings. The van der Waals surface area contributed by atoms with Crippen LogP contribution in [0.15, 0.2) is 47.9 Å². The largest absolute Gasteiger partial charge is 0.444 e. The van der Waals surface area contributed by atoms with Gasteiger partial charge < -0.3 is 32.2 Å². The average Bonchev–Trinajstić information content (AvgIpc) is 3.25. The standard InChI is InChI=1S/C25H37N7O3S/c1-25(2,3)35-24(34)29-16-18-9-7-8-17(14-18)15-21(33)30-23-32-31-22(36-23)11-6-5-10-19(26)12-13-20(27)28-4/h7-9,12-14,28H,5-6,10-11,15-16,26-27H2,1-4H3,(H,29,34)(H,30,32,33)/b19-12-,20-13+. The van der Waals surface area contributed by atoms with E-state index in [0.717, 1.165) is 47.5 Å². The first-order chi connectivity index (χ1) is 17.0. The fourth-order valence-corrected chi connectivity index (χ4v) is 3.86. The highest BCUT2D eigenvalue weighted by Crippen LogP contribution is 2.18. The lowest BCUT2D eigenvalue weighted by atomic mass is 10.1. The normalized spacial score (nSPS) is 12.2. The molecule has 11 heteroatoms. The number of ether oxygens (including phenoxy) is 1. The van der Waals surface area contributed by atoms with E-state index in [1.807, 2.05) is 45.0 Å². The van der Waals surface area contributed by atoms with E-state index in [0.29, 0.717) is 17.5 Å². The number of nitrogens with zero attached hydrogens (tertiary/aromatic N) is 2. The minimum atomic E-state index is -0.556. The van der Waals surface area contributed by atoms with Crippen molar-refractivity contribution in [3.63, 3.8) is 0 Å². The van der Waals surface area contributed by atoms with Crippen molar-refractivity contribution in [2.24, 2.45) is 11.5 Å². The Balaban J connectivity index is 1.76. The lowest BCUT2D eigenvalue weighted by Crippen LogP contribution is -2.32. The molecule has 1 heterocycles. The third kappa shape index (κ3) is 11.7. The number of nitrogens with two attached hydrogens (primary N) is 2. The lowest BCUT2D eigenvalue weighted by Gasteiger charge is -2.19. The summed E-state index contributed by atoms with van der Waals surface area (Å²) in [6.07, 6.45) is 6.61. The molecule has 0 spiro atoms. The predicted molar refractivity (Wildman–Crippen MR) is 143 cm³/mol. The number of rotatable bonds is 12. The highest BCUT2D eigenvalue weighted by Gasteiger charge is 2.16. The van der Waals surface area contributed by atoms with Crippen LogP contribution in [0.3, 0.4) is 0 Å². The van der Waals surface area contributed by atoms with Gasteiger partial charge in [0.1, 0.15) is 10.6 Å². The number of aromatic nitrogens is 2. The number of amides is 2. The Bertz CT molecular complexity index is 1070. The molecule has 7 N–H and O–H groups in total. The van der Waals surface area contributed by atoms with Gasteiger partial charge >= 0.3 is 6.09 Å². The van der Waals surface area contributed by atoms with Crippen LogP contribution < -0.4 is 27.4 Å². The van der Waals surface area contributed by atoms with Gasteiger partial charge in [-0.3, -0.25) is 4.79 Å². The molecule has 0 unspecified atom stereocenters.